The van der Waals surface area contributed by atoms with Crippen molar-refractivity contribution in [3.63, 3.8) is 0 Å². The number of sulfonamides is 1. The molecule has 0 N–H and O–H groups in total. The van der Waals surface area contributed by atoms with Crippen LogP contribution in [0.3, 0.4) is 0 Å². The van der Waals surface area contributed by atoms with E-state index < -0.39 is 16.1 Å². The molecule has 0 saturated carbocycles. The Balaban J connectivity index is 2.27. The Hall–Kier alpha value is -1.60. The minimum Gasteiger partial charge on any atom is -0.378 e. The van der Waals surface area contributed by atoms with E-state index in [4.69, 9.17) is 4.74 Å². The van der Waals surface area contributed by atoms with E-state index in [1.54, 1.807) is 42.2 Å². The number of hydrogen-bond donors (Lipinski definition) is 0. The second-order valence-corrected chi connectivity index (χ2v) is 6.87. The molecule has 1 saturated heterocycles. The van der Waals surface area contributed by atoms with Crippen LogP contribution in [0, 0.1) is 0 Å². The second kappa shape index (κ2) is 6.44. The Labute approximate surface area is 125 Å². The van der Waals surface area contributed by atoms with E-state index in [-0.39, 0.29) is 5.91 Å². The first-order valence-corrected chi connectivity index (χ1v) is 8.67. The highest BCUT2D eigenvalue weighted by Gasteiger charge is 2.32. The van der Waals surface area contributed by atoms with Crippen LogP contribution in [0.25, 0.3) is 0 Å². The predicted octanol–water partition coefficient (Wildman–Crippen LogP) is 0.700. The standard InChI is InChI=1S/C14H20N2O4S/c1-12(14(17)15-8-10-20-11-9-15)16(21(2,18)19)13-6-4-3-5-7-13/h3-7,12H,8-11H2,1-2H3/t12-/m0/s1. The molecule has 0 bridgehead atoms. The molecule has 1 heterocycles. The molecule has 1 fully saturated rings. The van der Waals surface area contributed by atoms with Crippen molar-refractivity contribution in [2.45, 2.75) is 13.0 Å². The van der Waals surface area contributed by atoms with Gasteiger partial charge in [-0.25, -0.2) is 8.42 Å². The van der Waals surface area contributed by atoms with Crippen molar-refractivity contribution >= 4 is 21.6 Å². The first kappa shape index (κ1) is 15.8. The number of rotatable bonds is 4. The molecule has 0 radical (unpaired) electrons. The SMILES string of the molecule is C[C@@H](C(=O)N1CCOCC1)N(c1ccccc1)S(C)(=O)=O. The smallest absolute Gasteiger partial charge is 0.246 e. The van der Waals surface area contributed by atoms with Gasteiger partial charge >= 0.3 is 0 Å². The number of benzene rings is 1. The molecule has 21 heavy (non-hydrogen) atoms. The van der Waals surface area contributed by atoms with Crippen molar-refractivity contribution in [3.05, 3.63) is 30.3 Å². The summed E-state index contributed by atoms with van der Waals surface area (Å²) in [6, 6.07) is 7.89. The number of hydrogen-bond acceptors (Lipinski definition) is 4. The van der Waals surface area contributed by atoms with Gasteiger partial charge in [0.15, 0.2) is 0 Å². The average molecular weight is 312 g/mol. The van der Waals surface area contributed by atoms with Gasteiger partial charge in [-0.05, 0) is 19.1 Å². The maximum atomic E-state index is 12.5. The number of carbonyl (C=O) groups excluding carboxylic acids is 1. The minimum atomic E-state index is -3.55. The lowest BCUT2D eigenvalue weighted by molar-refractivity contribution is -0.136. The fourth-order valence-electron chi connectivity index (χ4n) is 2.43. The minimum absolute atomic E-state index is 0.201. The van der Waals surface area contributed by atoms with E-state index in [1.807, 2.05) is 0 Å². The van der Waals surface area contributed by atoms with E-state index in [0.717, 1.165) is 6.26 Å². The first-order valence-electron chi connectivity index (χ1n) is 6.82. The third-order valence-electron chi connectivity index (χ3n) is 3.40. The number of ether oxygens (including phenoxy) is 1. The summed E-state index contributed by atoms with van der Waals surface area (Å²) in [6.07, 6.45) is 1.11. The Bertz CT molecular complexity index is 582. The molecule has 1 aliphatic heterocycles. The number of para-hydroxylation sites is 1. The summed E-state index contributed by atoms with van der Waals surface area (Å²) in [7, 11) is -3.55. The fraction of sp³-hybridized carbons (Fsp3) is 0.500. The molecule has 2 rings (SSSR count). The predicted molar refractivity (Wildman–Crippen MR) is 80.6 cm³/mol. The summed E-state index contributed by atoms with van der Waals surface area (Å²) in [5, 5.41) is 0. The molecule has 1 aliphatic rings. The third kappa shape index (κ3) is 3.74. The maximum Gasteiger partial charge on any atom is 0.246 e. The molecular weight excluding hydrogens is 292 g/mol. The van der Waals surface area contributed by atoms with Gasteiger partial charge in [-0.2, -0.15) is 0 Å². The third-order valence-corrected chi connectivity index (χ3v) is 4.64. The van der Waals surface area contributed by atoms with Gasteiger partial charge in [-0.1, -0.05) is 18.2 Å². The van der Waals surface area contributed by atoms with E-state index in [1.165, 1.54) is 4.31 Å². The summed E-state index contributed by atoms with van der Waals surface area (Å²) >= 11 is 0. The molecule has 1 amide bonds. The van der Waals surface area contributed by atoms with Gasteiger partial charge in [0.05, 0.1) is 25.2 Å². The van der Waals surface area contributed by atoms with Crippen LogP contribution in [-0.4, -0.2) is 57.8 Å². The maximum absolute atomic E-state index is 12.5. The molecule has 1 aromatic carbocycles. The summed E-state index contributed by atoms with van der Waals surface area (Å²) in [5.41, 5.74) is 0.495. The summed E-state index contributed by atoms with van der Waals surface area (Å²) in [4.78, 5) is 14.2. The van der Waals surface area contributed by atoms with Crippen LogP contribution >= 0.6 is 0 Å². The zero-order valence-corrected chi connectivity index (χ0v) is 13.0. The van der Waals surface area contributed by atoms with Crippen LogP contribution in [0.1, 0.15) is 6.92 Å². The molecule has 0 aromatic heterocycles. The Morgan fingerprint density at radius 2 is 1.81 bits per heavy atom. The van der Waals surface area contributed by atoms with E-state index >= 15 is 0 Å². The fourth-order valence-corrected chi connectivity index (χ4v) is 3.59. The quantitative estimate of drug-likeness (QED) is 0.821. The molecule has 1 aromatic rings. The normalized spacial score (nSPS) is 17.3. The van der Waals surface area contributed by atoms with Gasteiger partial charge in [0.25, 0.3) is 0 Å². The number of nitrogens with zero attached hydrogens (tertiary/aromatic N) is 2. The lowest BCUT2D eigenvalue weighted by Gasteiger charge is -2.34. The molecule has 1 atom stereocenters. The van der Waals surface area contributed by atoms with Crippen LogP contribution in [0.5, 0.6) is 0 Å². The zero-order chi connectivity index (χ0) is 15.5. The topological polar surface area (TPSA) is 66.9 Å². The van der Waals surface area contributed by atoms with E-state index in [0.29, 0.717) is 32.0 Å². The van der Waals surface area contributed by atoms with Crippen LogP contribution in [0.2, 0.25) is 0 Å². The van der Waals surface area contributed by atoms with Crippen LogP contribution in [0.15, 0.2) is 30.3 Å². The van der Waals surface area contributed by atoms with Crippen molar-refractivity contribution < 1.29 is 17.9 Å². The van der Waals surface area contributed by atoms with Crippen molar-refractivity contribution in [1.29, 1.82) is 0 Å². The van der Waals surface area contributed by atoms with E-state index in [9.17, 15) is 13.2 Å². The number of anilines is 1. The summed E-state index contributed by atoms with van der Waals surface area (Å²) in [5.74, 6) is -0.201. The van der Waals surface area contributed by atoms with Crippen LogP contribution in [0.4, 0.5) is 5.69 Å². The molecule has 0 aliphatic carbocycles. The molecule has 116 valence electrons. The summed E-state index contributed by atoms with van der Waals surface area (Å²) in [6.45, 7) is 3.59. The Morgan fingerprint density at radius 3 is 2.33 bits per heavy atom. The Morgan fingerprint density at radius 1 is 1.24 bits per heavy atom. The number of carbonyl (C=O) groups is 1. The van der Waals surface area contributed by atoms with Crippen molar-refractivity contribution in [1.82, 2.24) is 4.90 Å². The second-order valence-electron chi connectivity index (χ2n) is 5.01. The zero-order valence-electron chi connectivity index (χ0n) is 12.2. The summed E-state index contributed by atoms with van der Waals surface area (Å²) < 4.78 is 30.6. The monoisotopic (exact) mass is 312 g/mol. The lowest BCUT2D eigenvalue weighted by atomic mass is 10.2. The van der Waals surface area contributed by atoms with Crippen LogP contribution in [-0.2, 0) is 19.6 Å². The highest BCUT2D eigenvalue weighted by atomic mass is 32.2. The van der Waals surface area contributed by atoms with Gasteiger partial charge < -0.3 is 9.64 Å². The lowest BCUT2D eigenvalue weighted by Crippen LogP contribution is -2.52. The molecule has 7 heteroatoms. The van der Waals surface area contributed by atoms with Crippen LogP contribution < -0.4 is 4.31 Å². The van der Waals surface area contributed by atoms with Gasteiger partial charge in [0.2, 0.25) is 15.9 Å². The van der Waals surface area contributed by atoms with E-state index in [2.05, 4.69) is 0 Å². The van der Waals surface area contributed by atoms with Gasteiger partial charge in [-0.15, -0.1) is 0 Å². The van der Waals surface area contributed by atoms with Gasteiger partial charge in [-0.3, -0.25) is 9.10 Å². The average Bonchev–Trinajstić information content (AvgIpc) is 2.47. The van der Waals surface area contributed by atoms with Crippen molar-refractivity contribution in [2.24, 2.45) is 0 Å². The van der Waals surface area contributed by atoms with Crippen molar-refractivity contribution in [2.75, 3.05) is 36.9 Å². The highest BCUT2D eigenvalue weighted by molar-refractivity contribution is 7.92. The molecule has 0 unspecified atom stereocenters. The van der Waals surface area contributed by atoms with Crippen molar-refractivity contribution in [3.8, 4) is 0 Å². The van der Waals surface area contributed by atoms with Gasteiger partial charge in [0, 0.05) is 13.1 Å². The Kier molecular flexibility index (Phi) is 4.84. The molecular formula is C14H20N2O4S. The number of amides is 1. The largest absolute Gasteiger partial charge is 0.378 e. The number of morpholine rings is 1. The molecule has 0 spiro atoms. The first-order chi connectivity index (χ1) is 9.91. The highest BCUT2D eigenvalue weighted by Crippen LogP contribution is 2.21. The molecule has 6 nitrogen and oxygen atoms in total. The van der Waals surface area contributed by atoms with Gasteiger partial charge in [0.1, 0.15) is 6.04 Å².